The van der Waals surface area contributed by atoms with Gasteiger partial charge in [-0.05, 0) is 79.1 Å². The van der Waals surface area contributed by atoms with Crippen LogP contribution in [0, 0.1) is 0 Å². The Morgan fingerprint density at radius 1 is 0.549 bits per heavy atom. The SMILES string of the molecule is C[C@H](N)C(=O)N[C@@H](CC(N)=O)C(=O)N[C@@H](Cc1ccccc1)C(=O)O.NC(N)=NCCC[C@H](NC(=O)[C@H](Cc1ccc(O)cc1)NC(=O)[C@@H](N)Cc1ccccc1)C(=O)N[C@H](C=O)Cc1ccc(O)cc1. The minimum atomic E-state index is -1.30. The van der Waals surface area contributed by atoms with E-state index in [9.17, 15) is 53.7 Å². The summed E-state index contributed by atoms with van der Waals surface area (Å²) in [5.41, 5.74) is 30.4. The number of nitrogens with two attached hydrogens (primary N) is 5. The molecule has 0 radical (unpaired) electrons. The molecule has 4 aromatic carbocycles. The fourth-order valence-corrected chi connectivity index (χ4v) is 6.70. The number of rotatable bonds is 26. The average Bonchev–Trinajstić information content (AvgIpc) is 3.33. The number of primary amides is 1. The summed E-state index contributed by atoms with van der Waals surface area (Å²) in [4.78, 5) is 103. The van der Waals surface area contributed by atoms with E-state index in [1.165, 1.54) is 31.2 Å². The Hall–Kier alpha value is -8.37. The third kappa shape index (κ3) is 21.6. The molecule has 6 amide bonds. The number of phenolic OH excluding ortho intramolecular Hbond substituents is 2. The van der Waals surface area contributed by atoms with Crippen molar-refractivity contribution in [3.63, 3.8) is 0 Å². The highest BCUT2D eigenvalue weighted by molar-refractivity contribution is 5.95. The minimum absolute atomic E-state index is 0.0354. The summed E-state index contributed by atoms with van der Waals surface area (Å²) in [5.74, 6) is -5.40. The molecule has 0 aliphatic heterocycles. The number of benzene rings is 4. The number of carbonyl (C=O) groups is 8. The fraction of sp³-hybridized carbons (Fsp3) is 0.327. The predicted octanol–water partition coefficient (Wildman–Crippen LogP) is -1.33. The number of carboxylic acid groups (broad SMARTS) is 1. The molecule has 0 fully saturated rings. The maximum Gasteiger partial charge on any atom is 0.326 e. The van der Waals surface area contributed by atoms with Crippen molar-refractivity contribution < 1.29 is 53.7 Å². The number of guanidine groups is 1. The van der Waals surface area contributed by atoms with Gasteiger partial charge in [-0.25, -0.2) is 4.79 Å². The first kappa shape index (κ1) is 57.0. The Labute approximate surface area is 410 Å². The first-order chi connectivity index (χ1) is 33.7. The average molecular weight is 982 g/mol. The van der Waals surface area contributed by atoms with Gasteiger partial charge in [-0.3, -0.25) is 33.8 Å². The van der Waals surface area contributed by atoms with Gasteiger partial charge >= 0.3 is 5.97 Å². The molecule has 4 rings (SSSR count). The summed E-state index contributed by atoms with van der Waals surface area (Å²) in [6, 6.07) is 22.7. The standard InChI is InChI=1S/C33H41N7O6.C16H22N4O5/c34-27(18-21-5-2-1-3-6-21)30(44)40-29(19-23-10-14-26(43)15-11-23)32(46)39-28(7-4-16-37-33(35)36)31(45)38-24(20-41)17-22-8-12-25(42)13-9-22;1-9(17)14(22)19-11(8-13(18)21)15(23)20-12(16(24)25)7-10-5-3-2-4-6-10/h1-3,5-6,8-15,20,24,27-29,42-43H,4,7,16-19,34H2,(H,38,45)(H,39,46)(H,40,44)(H4,35,36,37);2-6,9,11-12H,7-8,17H2,1H3,(H2,18,21)(H,19,22)(H,20,23)(H,24,25)/t24-,27-,28-,29-;9-,11-,12-/m00/s1. The molecule has 380 valence electrons. The molecule has 0 heterocycles. The Kier molecular flexibility index (Phi) is 23.7. The number of aromatic hydroxyl groups is 2. The van der Waals surface area contributed by atoms with E-state index < -0.39 is 90.1 Å². The minimum Gasteiger partial charge on any atom is -0.508 e. The van der Waals surface area contributed by atoms with Crippen molar-refractivity contribution in [2.75, 3.05) is 6.54 Å². The number of nitrogens with zero attached hydrogens (tertiary/aromatic N) is 1. The number of phenols is 2. The normalized spacial score (nSPS) is 13.6. The number of aliphatic imine (C=N–C) groups is 1. The second-order valence-corrected chi connectivity index (χ2v) is 16.5. The number of carboxylic acids is 1. The van der Waals surface area contributed by atoms with Gasteiger partial charge in [0.15, 0.2) is 5.96 Å². The van der Waals surface area contributed by atoms with Crippen molar-refractivity contribution in [2.45, 2.75) is 94.2 Å². The first-order valence-electron chi connectivity index (χ1n) is 22.4. The van der Waals surface area contributed by atoms with E-state index in [0.29, 0.717) is 29.4 Å². The number of hydrogen-bond acceptors (Lipinski definition) is 13. The third-order valence-electron chi connectivity index (χ3n) is 10.5. The summed E-state index contributed by atoms with van der Waals surface area (Å²) in [5, 5.41) is 41.2. The van der Waals surface area contributed by atoms with Crippen molar-refractivity contribution in [1.29, 1.82) is 0 Å². The van der Waals surface area contributed by atoms with Crippen molar-refractivity contribution >= 4 is 53.7 Å². The zero-order valence-electron chi connectivity index (χ0n) is 39.1. The van der Waals surface area contributed by atoms with Crippen LogP contribution in [0.15, 0.2) is 114 Å². The molecule has 0 saturated carbocycles. The van der Waals surface area contributed by atoms with E-state index in [-0.39, 0.29) is 56.1 Å². The Bertz CT molecular complexity index is 2400. The van der Waals surface area contributed by atoms with E-state index in [1.807, 2.05) is 30.3 Å². The van der Waals surface area contributed by atoms with Gasteiger partial charge in [-0.1, -0.05) is 84.9 Å². The first-order valence-corrected chi connectivity index (χ1v) is 22.4. The largest absolute Gasteiger partial charge is 0.508 e. The smallest absolute Gasteiger partial charge is 0.326 e. The van der Waals surface area contributed by atoms with Gasteiger partial charge in [0.25, 0.3) is 0 Å². The van der Waals surface area contributed by atoms with E-state index in [0.717, 1.165) is 5.56 Å². The van der Waals surface area contributed by atoms with Crippen LogP contribution in [-0.4, -0.2) is 118 Å². The molecule has 7 atom stereocenters. The highest BCUT2D eigenvalue weighted by Crippen LogP contribution is 2.14. The predicted molar refractivity (Wildman–Crippen MR) is 263 cm³/mol. The maximum atomic E-state index is 13.7. The number of nitrogens with one attached hydrogen (secondary N) is 5. The molecule has 71 heavy (non-hydrogen) atoms. The molecule has 18 N–H and O–H groups in total. The van der Waals surface area contributed by atoms with E-state index in [1.54, 1.807) is 54.6 Å². The number of amides is 6. The Balaban J connectivity index is 0.000000450. The number of aliphatic carboxylic acids is 1. The summed E-state index contributed by atoms with van der Waals surface area (Å²) in [6.07, 6.45) is 1.03. The molecular formula is C49H63N11O11. The molecule has 0 aliphatic carbocycles. The summed E-state index contributed by atoms with van der Waals surface area (Å²) in [7, 11) is 0. The van der Waals surface area contributed by atoms with Gasteiger partial charge in [0.2, 0.25) is 35.4 Å². The number of carbonyl (C=O) groups excluding carboxylic acids is 7. The van der Waals surface area contributed by atoms with Crippen LogP contribution in [0.25, 0.3) is 0 Å². The van der Waals surface area contributed by atoms with E-state index >= 15 is 0 Å². The Morgan fingerprint density at radius 3 is 1.48 bits per heavy atom. The monoisotopic (exact) mass is 981 g/mol. The van der Waals surface area contributed by atoms with Crippen LogP contribution >= 0.6 is 0 Å². The second kappa shape index (κ2) is 29.5. The second-order valence-electron chi connectivity index (χ2n) is 16.5. The molecule has 4 aromatic rings. The molecular weight excluding hydrogens is 919 g/mol. The number of aldehydes is 1. The van der Waals surface area contributed by atoms with Crippen molar-refractivity contribution in [3.8, 4) is 11.5 Å². The van der Waals surface area contributed by atoms with Crippen LogP contribution in [-0.2, 0) is 64.0 Å². The molecule has 0 saturated heterocycles. The van der Waals surface area contributed by atoms with Crippen LogP contribution in [0.5, 0.6) is 11.5 Å². The van der Waals surface area contributed by atoms with Gasteiger partial charge in [-0.2, -0.15) is 0 Å². The molecule has 0 unspecified atom stereocenters. The highest BCUT2D eigenvalue weighted by atomic mass is 16.4. The summed E-state index contributed by atoms with van der Waals surface area (Å²) < 4.78 is 0. The molecule has 0 aliphatic rings. The zero-order valence-corrected chi connectivity index (χ0v) is 39.1. The van der Waals surface area contributed by atoms with Crippen LogP contribution in [0.1, 0.15) is 48.4 Å². The molecule has 22 nitrogen and oxygen atoms in total. The van der Waals surface area contributed by atoms with Crippen LogP contribution in [0.2, 0.25) is 0 Å². The lowest BCUT2D eigenvalue weighted by Crippen LogP contribution is -2.57. The Morgan fingerprint density at radius 2 is 0.986 bits per heavy atom. The van der Waals surface area contributed by atoms with E-state index in [4.69, 9.17) is 28.7 Å². The fourth-order valence-electron chi connectivity index (χ4n) is 6.70. The van der Waals surface area contributed by atoms with Crippen LogP contribution < -0.4 is 55.3 Å². The topological polar surface area (TPSA) is 400 Å². The lowest BCUT2D eigenvalue weighted by Gasteiger charge is -2.25. The van der Waals surface area contributed by atoms with Crippen molar-refractivity contribution in [3.05, 3.63) is 131 Å². The highest BCUT2D eigenvalue weighted by Gasteiger charge is 2.31. The summed E-state index contributed by atoms with van der Waals surface area (Å²) in [6.45, 7) is 1.60. The van der Waals surface area contributed by atoms with Gasteiger partial charge in [0, 0.05) is 19.4 Å². The van der Waals surface area contributed by atoms with Gasteiger partial charge in [-0.15, -0.1) is 0 Å². The lowest BCUT2D eigenvalue weighted by molar-refractivity contribution is -0.142. The van der Waals surface area contributed by atoms with Crippen LogP contribution in [0.4, 0.5) is 0 Å². The van der Waals surface area contributed by atoms with E-state index in [2.05, 4.69) is 31.6 Å². The van der Waals surface area contributed by atoms with Crippen LogP contribution in [0.3, 0.4) is 0 Å². The molecule has 0 aromatic heterocycles. The van der Waals surface area contributed by atoms with Gasteiger partial charge in [0.05, 0.1) is 24.5 Å². The quantitative estimate of drug-likeness (QED) is 0.0150. The summed E-state index contributed by atoms with van der Waals surface area (Å²) >= 11 is 0. The molecule has 0 spiro atoms. The maximum absolute atomic E-state index is 13.7. The molecule has 22 heteroatoms. The van der Waals surface area contributed by atoms with Crippen molar-refractivity contribution in [2.24, 2.45) is 33.7 Å². The number of hydrogen-bond donors (Lipinski definition) is 13. The van der Waals surface area contributed by atoms with Gasteiger partial charge in [0.1, 0.15) is 42.0 Å². The zero-order chi connectivity index (χ0) is 52.5. The van der Waals surface area contributed by atoms with Crippen molar-refractivity contribution in [1.82, 2.24) is 26.6 Å². The third-order valence-corrected chi connectivity index (χ3v) is 10.5. The lowest BCUT2D eigenvalue weighted by atomic mass is 10.0. The van der Waals surface area contributed by atoms with Gasteiger partial charge < -0.3 is 75.4 Å². The molecule has 0 bridgehead atoms.